The zero-order chi connectivity index (χ0) is 14.6. The highest BCUT2D eigenvalue weighted by Crippen LogP contribution is 2.39. The van der Waals surface area contributed by atoms with Crippen molar-refractivity contribution in [1.29, 1.82) is 0 Å². The Hall–Kier alpha value is -0.530. The van der Waals surface area contributed by atoms with Crippen LogP contribution < -0.4 is 5.32 Å². The van der Waals surface area contributed by atoms with Crippen LogP contribution in [0.2, 0.25) is 5.02 Å². The van der Waals surface area contributed by atoms with Gasteiger partial charge in [0.2, 0.25) is 0 Å². The Morgan fingerprint density at radius 1 is 1.30 bits per heavy atom. The Morgan fingerprint density at radius 3 is 2.60 bits per heavy atom. The molecule has 1 aromatic carbocycles. The quantitative estimate of drug-likeness (QED) is 0.798. The molecule has 1 aromatic rings. The summed E-state index contributed by atoms with van der Waals surface area (Å²) in [5, 5.41) is 4.55. The van der Waals surface area contributed by atoms with Gasteiger partial charge in [0.05, 0.1) is 0 Å². The zero-order valence-electron chi connectivity index (χ0n) is 13.1. The molecule has 1 unspecified atom stereocenters. The van der Waals surface area contributed by atoms with Crippen molar-refractivity contribution in [2.75, 3.05) is 6.54 Å². The third-order valence-electron chi connectivity index (χ3n) is 4.76. The van der Waals surface area contributed by atoms with Crippen molar-refractivity contribution in [3.05, 3.63) is 34.9 Å². The van der Waals surface area contributed by atoms with Crippen molar-refractivity contribution >= 4 is 11.6 Å². The van der Waals surface area contributed by atoms with E-state index in [9.17, 15) is 0 Å². The van der Waals surface area contributed by atoms with Crippen molar-refractivity contribution in [1.82, 2.24) is 5.32 Å². The SMILES string of the molecule is CCNC(Cc1cccc(Cl)c1)C1CCC(C)(C)CC1. The molecule has 0 aromatic heterocycles. The molecule has 0 heterocycles. The molecule has 2 heteroatoms. The fourth-order valence-electron chi connectivity index (χ4n) is 3.41. The maximum atomic E-state index is 6.11. The van der Waals surface area contributed by atoms with Crippen molar-refractivity contribution in [3.63, 3.8) is 0 Å². The number of likely N-dealkylation sites (N-methyl/N-ethyl adjacent to an activating group) is 1. The lowest BCUT2D eigenvalue weighted by molar-refractivity contribution is 0.161. The van der Waals surface area contributed by atoms with Gasteiger partial charge in [-0.1, -0.05) is 44.5 Å². The highest BCUT2D eigenvalue weighted by Gasteiger charge is 2.31. The standard InChI is InChI=1S/C18H28ClN/c1-4-20-17(13-14-6-5-7-16(19)12-14)15-8-10-18(2,3)11-9-15/h5-7,12,15,17,20H,4,8-11,13H2,1-3H3. The van der Waals surface area contributed by atoms with Gasteiger partial charge >= 0.3 is 0 Å². The highest BCUT2D eigenvalue weighted by molar-refractivity contribution is 6.30. The van der Waals surface area contributed by atoms with Gasteiger partial charge in [0, 0.05) is 11.1 Å². The van der Waals surface area contributed by atoms with E-state index in [1.54, 1.807) is 0 Å². The summed E-state index contributed by atoms with van der Waals surface area (Å²) < 4.78 is 0. The summed E-state index contributed by atoms with van der Waals surface area (Å²) in [6.45, 7) is 8.06. The van der Waals surface area contributed by atoms with Gasteiger partial charge in [0.15, 0.2) is 0 Å². The summed E-state index contributed by atoms with van der Waals surface area (Å²) in [6, 6.07) is 8.91. The van der Waals surface area contributed by atoms with Crippen molar-refractivity contribution in [2.24, 2.45) is 11.3 Å². The number of halogens is 1. The smallest absolute Gasteiger partial charge is 0.0408 e. The van der Waals surface area contributed by atoms with E-state index in [-0.39, 0.29) is 0 Å². The molecule has 1 aliphatic rings. The molecule has 2 rings (SSSR count). The van der Waals surface area contributed by atoms with Gasteiger partial charge in [0.25, 0.3) is 0 Å². The lowest BCUT2D eigenvalue weighted by Crippen LogP contribution is -2.40. The molecule has 20 heavy (non-hydrogen) atoms. The number of hydrogen-bond donors (Lipinski definition) is 1. The van der Waals surface area contributed by atoms with E-state index in [1.165, 1.54) is 31.2 Å². The van der Waals surface area contributed by atoms with Crippen molar-refractivity contribution in [3.8, 4) is 0 Å². The summed E-state index contributed by atoms with van der Waals surface area (Å²) in [4.78, 5) is 0. The predicted molar refractivity (Wildman–Crippen MR) is 88.4 cm³/mol. The van der Waals surface area contributed by atoms with E-state index >= 15 is 0 Å². The lowest BCUT2D eigenvalue weighted by Gasteiger charge is -2.38. The summed E-state index contributed by atoms with van der Waals surface area (Å²) in [5.41, 5.74) is 1.90. The fourth-order valence-corrected chi connectivity index (χ4v) is 3.62. The van der Waals surface area contributed by atoms with Gasteiger partial charge in [-0.3, -0.25) is 0 Å². The molecule has 0 saturated heterocycles. The van der Waals surface area contributed by atoms with Crippen LogP contribution in [0.5, 0.6) is 0 Å². The summed E-state index contributed by atoms with van der Waals surface area (Å²) in [5.74, 6) is 0.807. The van der Waals surface area contributed by atoms with E-state index in [2.05, 4.69) is 44.3 Å². The Bertz CT molecular complexity index is 417. The average molecular weight is 294 g/mol. The van der Waals surface area contributed by atoms with Crippen LogP contribution in [-0.2, 0) is 6.42 Å². The summed E-state index contributed by atoms with van der Waals surface area (Å²) >= 11 is 6.11. The van der Waals surface area contributed by atoms with Crippen LogP contribution >= 0.6 is 11.6 Å². The molecular weight excluding hydrogens is 266 g/mol. The number of hydrogen-bond acceptors (Lipinski definition) is 1. The highest BCUT2D eigenvalue weighted by atomic mass is 35.5. The van der Waals surface area contributed by atoms with E-state index in [1.807, 2.05) is 6.07 Å². The minimum absolute atomic E-state index is 0.545. The molecule has 0 amide bonds. The lowest BCUT2D eigenvalue weighted by atomic mass is 9.70. The molecule has 1 atom stereocenters. The molecule has 1 nitrogen and oxygen atoms in total. The van der Waals surface area contributed by atoms with Crippen LogP contribution in [-0.4, -0.2) is 12.6 Å². The van der Waals surface area contributed by atoms with E-state index in [0.29, 0.717) is 11.5 Å². The monoisotopic (exact) mass is 293 g/mol. The second kappa shape index (κ2) is 6.95. The third kappa shape index (κ3) is 4.49. The average Bonchev–Trinajstić information content (AvgIpc) is 2.38. The Balaban J connectivity index is 2.00. The van der Waals surface area contributed by atoms with Crippen molar-refractivity contribution < 1.29 is 0 Å². The largest absolute Gasteiger partial charge is 0.314 e. The predicted octanol–water partition coefficient (Wildman–Crippen LogP) is 5.08. The van der Waals surface area contributed by atoms with Gasteiger partial charge in [-0.25, -0.2) is 0 Å². The van der Waals surface area contributed by atoms with E-state index in [4.69, 9.17) is 11.6 Å². The molecule has 0 radical (unpaired) electrons. The van der Waals surface area contributed by atoms with Crippen LogP contribution in [0.3, 0.4) is 0 Å². The second-order valence-electron chi connectivity index (χ2n) is 7.00. The molecule has 1 aliphatic carbocycles. The first-order chi connectivity index (χ1) is 9.50. The third-order valence-corrected chi connectivity index (χ3v) is 5.00. The topological polar surface area (TPSA) is 12.0 Å². The maximum absolute atomic E-state index is 6.11. The Labute approximate surface area is 129 Å². The Morgan fingerprint density at radius 2 is 2.00 bits per heavy atom. The Kier molecular flexibility index (Phi) is 5.51. The summed E-state index contributed by atoms with van der Waals surface area (Å²) in [7, 11) is 0. The molecule has 1 saturated carbocycles. The van der Waals surface area contributed by atoms with E-state index < -0.39 is 0 Å². The first kappa shape index (κ1) is 15.9. The first-order valence-corrected chi connectivity index (χ1v) is 8.36. The van der Waals surface area contributed by atoms with Crippen LogP contribution in [0, 0.1) is 11.3 Å². The molecule has 0 aliphatic heterocycles. The molecule has 0 spiro atoms. The van der Waals surface area contributed by atoms with Crippen LogP contribution in [0.1, 0.15) is 52.0 Å². The second-order valence-corrected chi connectivity index (χ2v) is 7.44. The molecule has 1 fully saturated rings. The normalized spacial score (nSPS) is 20.8. The van der Waals surface area contributed by atoms with Gasteiger partial charge in [-0.05, 0) is 67.7 Å². The van der Waals surface area contributed by atoms with Crippen molar-refractivity contribution in [2.45, 2.75) is 58.9 Å². The van der Waals surface area contributed by atoms with Gasteiger partial charge in [-0.15, -0.1) is 0 Å². The van der Waals surface area contributed by atoms with Crippen LogP contribution in [0.4, 0.5) is 0 Å². The minimum Gasteiger partial charge on any atom is -0.314 e. The zero-order valence-corrected chi connectivity index (χ0v) is 13.8. The minimum atomic E-state index is 0.545. The maximum Gasteiger partial charge on any atom is 0.0408 e. The summed E-state index contributed by atoms with van der Waals surface area (Å²) in [6.07, 6.45) is 6.51. The first-order valence-electron chi connectivity index (χ1n) is 7.98. The molecule has 1 N–H and O–H groups in total. The number of benzene rings is 1. The van der Waals surface area contributed by atoms with Gasteiger partial charge in [-0.2, -0.15) is 0 Å². The van der Waals surface area contributed by atoms with Gasteiger partial charge < -0.3 is 5.32 Å². The van der Waals surface area contributed by atoms with Crippen LogP contribution in [0.15, 0.2) is 24.3 Å². The number of nitrogens with one attached hydrogen (secondary N) is 1. The number of rotatable bonds is 5. The fraction of sp³-hybridized carbons (Fsp3) is 0.667. The molecule has 112 valence electrons. The van der Waals surface area contributed by atoms with Crippen LogP contribution in [0.25, 0.3) is 0 Å². The molecule has 0 bridgehead atoms. The van der Waals surface area contributed by atoms with Gasteiger partial charge in [0.1, 0.15) is 0 Å². The van der Waals surface area contributed by atoms with E-state index in [0.717, 1.165) is 23.9 Å². The molecular formula is C18H28ClN.